The largest absolute Gasteiger partial charge is 0.481 e. The van der Waals surface area contributed by atoms with Crippen LogP contribution in [0.25, 0.3) is 0 Å². The Kier molecular flexibility index (Phi) is 4.88. The van der Waals surface area contributed by atoms with Crippen LogP contribution in [-0.4, -0.2) is 27.9 Å². The number of ether oxygens (including phenoxy) is 1. The fourth-order valence-electron chi connectivity index (χ4n) is 1.69. The average molecular weight is 294 g/mol. The van der Waals surface area contributed by atoms with Gasteiger partial charge in [-0.05, 0) is 19.4 Å². The summed E-state index contributed by atoms with van der Waals surface area (Å²) in [5.41, 5.74) is -3.06. The highest BCUT2D eigenvalue weighted by atomic mass is 19.4. The molecule has 1 unspecified atom stereocenters. The number of carboxylic acid groups (broad SMARTS) is 1. The van der Waals surface area contributed by atoms with Gasteiger partial charge >= 0.3 is 12.1 Å². The van der Waals surface area contributed by atoms with E-state index in [1.54, 1.807) is 5.10 Å². The van der Waals surface area contributed by atoms with Gasteiger partial charge in [-0.2, -0.15) is 18.3 Å². The Bertz CT molecular complexity index is 554. The first-order valence-electron chi connectivity index (χ1n) is 5.64. The molecule has 0 radical (unpaired) electrons. The van der Waals surface area contributed by atoms with Crippen molar-refractivity contribution in [3.8, 4) is 0 Å². The standard InChI is InChI=1S/C11H13F3N2O4/c1-5-8(11(12,13)14)10(19)16-15-9(5)6(2)20-4-3-7(17)18/h6H,3-4H2,1-2H3,(H,16,19)(H,17,18). The van der Waals surface area contributed by atoms with Crippen molar-refractivity contribution in [1.29, 1.82) is 0 Å². The molecule has 0 bridgehead atoms. The summed E-state index contributed by atoms with van der Waals surface area (Å²) in [4.78, 5) is 21.5. The van der Waals surface area contributed by atoms with Crippen molar-refractivity contribution < 1.29 is 27.8 Å². The summed E-state index contributed by atoms with van der Waals surface area (Å²) in [5, 5.41) is 13.8. The Labute approximate surface area is 111 Å². The van der Waals surface area contributed by atoms with Gasteiger partial charge in [0.1, 0.15) is 5.56 Å². The number of aliphatic carboxylic acids is 1. The summed E-state index contributed by atoms with van der Waals surface area (Å²) >= 11 is 0. The molecule has 1 aromatic rings. The number of H-pyrrole nitrogens is 1. The number of nitrogens with zero attached hydrogens (tertiary/aromatic N) is 1. The van der Waals surface area contributed by atoms with Crippen LogP contribution in [0.4, 0.5) is 13.2 Å². The number of rotatable bonds is 5. The van der Waals surface area contributed by atoms with Gasteiger partial charge in [-0.3, -0.25) is 9.59 Å². The molecule has 0 saturated carbocycles. The highest BCUT2D eigenvalue weighted by molar-refractivity contribution is 5.66. The number of aromatic amines is 1. The summed E-state index contributed by atoms with van der Waals surface area (Å²) in [6.45, 7) is 2.38. The number of hydrogen-bond acceptors (Lipinski definition) is 4. The summed E-state index contributed by atoms with van der Waals surface area (Å²) in [6, 6.07) is 0. The molecule has 0 spiro atoms. The first-order valence-corrected chi connectivity index (χ1v) is 5.64. The first kappa shape index (κ1) is 16.2. The van der Waals surface area contributed by atoms with Crippen molar-refractivity contribution in [2.45, 2.75) is 32.5 Å². The lowest BCUT2D eigenvalue weighted by atomic mass is 10.1. The Morgan fingerprint density at radius 2 is 2.10 bits per heavy atom. The average Bonchev–Trinajstić information content (AvgIpc) is 2.26. The number of halogens is 3. The Morgan fingerprint density at radius 1 is 1.50 bits per heavy atom. The first-order chi connectivity index (χ1) is 9.14. The van der Waals surface area contributed by atoms with E-state index in [2.05, 4.69) is 5.10 Å². The smallest absolute Gasteiger partial charge is 0.422 e. The highest BCUT2D eigenvalue weighted by Crippen LogP contribution is 2.31. The van der Waals surface area contributed by atoms with E-state index in [9.17, 15) is 22.8 Å². The third-order valence-electron chi connectivity index (χ3n) is 2.62. The zero-order valence-electron chi connectivity index (χ0n) is 10.7. The summed E-state index contributed by atoms with van der Waals surface area (Å²) < 4.78 is 43.3. The van der Waals surface area contributed by atoms with Crippen molar-refractivity contribution in [2.24, 2.45) is 0 Å². The maximum absolute atomic E-state index is 12.7. The maximum Gasteiger partial charge on any atom is 0.422 e. The second kappa shape index (κ2) is 6.04. The predicted octanol–water partition coefficient (Wildman–Crippen LogP) is 1.65. The lowest BCUT2D eigenvalue weighted by molar-refractivity contribution is -0.139. The molecule has 20 heavy (non-hydrogen) atoms. The second-order valence-corrected chi connectivity index (χ2v) is 4.09. The molecule has 0 aromatic carbocycles. The molecule has 9 heteroatoms. The normalized spacial score (nSPS) is 13.2. The summed E-state index contributed by atoms with van der Waals surface area (Å²) in [6.07, 6.45) is -5.94. The van der Waals surface area contributed by atoms with E-state index < -0.39 is 29.4 Å². The van der Waals surface area contributed by atoms with Crippen molar-refractivity contribution in [2.75, 3.05) is 6.61 Å². The topological polar surface area (TPSA) is 92.3 Å². The molecule has 0 aliphatic rings. The molecule has 0 saturated heterocycles. The molecule has 0 fully saturated rings. The zero-order valence-corrected chi connectivity index (χ0v) is 10.7. The second-order valence-electron chi connectivity index (χ2n) is 4.09. The third kappa shape index (κ3) is 3.80. The van der Waals surface area contributed by atoms with Gasteiger partial charge in [0.2, 0.25) is 0 Å². The zero-order chi connectivity index (χ0) is 15.5. The van der Waals surface area contributed by atoms with E-state index in [0.717, 1.165) is 6.92 Å². The van der Waals surface area contributed by atoms with E-state index in [-0.39, 0.29) is 24.3 Å². The predicted molar refractivity (Wildman–Crippen MR) is 61.2 cm³/mol. The van der Waals surface area contributed by atoms with Crippen LogP contribution in [0.2, 0.25) is 0 Å². The molecule has 112 valence electrons. The minimum Gasteiger partial charge on any atom is -0.481 e. The Hall–Kier alpha value is -1.90. The van der Waals surface area contributed by atoms with Gasteiger partial charge in [0.05, 0.1) is 24.8 Å². The van der Waals surface area contributed by atoms with E-state index in [4.69, 9.17) is 9.84 Å². The fraction of sp³-hybridized carbons (Fsp3) is 0.545. The Balaban J connectivity index is 3.02. The fourth-order valence-corrected chi connectivity index (χ4v) is 1.69. The quantitative estimate of drug-likeness (QED) is 0.861. The molecule has 1 atom stereocenters. The van der Waals surface area contributed by atoms with Crippen LogP contribution >= 0.6 is 0 Å². The molecule has 0 amide bonds. The van der Waals surface area contributed by atoms with Crippen molar-refractivity contribution in [3.63, 3.8) is 0 Å². The molecule has 0 aliphatic heterocycles. The highest BCUT2D eigenvalue weighted by Gasteiger charge is 2.37. The van der Waals surface area contributed by atoms with Gasteiger partial charge in [-0.1, -0.05) is 0 Å². The van der Waals surface area contributed by atoms with Crippen LogP contribution in [-0.2, 0) is 15.7 Å². The minimum absolute atomic E-state index is 0.0812. The van der Waals surface area contributed by atoms with Crippen LogP contribution in [0, 0.1) is 6.92 Å². The number of alkyl halides is 3. The van der Waals surface area contributed by atoms with Crippen molar-refractivity contribution >= 4 is 5.97 Å². The van der Waals surface area contributed by atoms with E-state index in [1.165, 1.54) is 6.92 Å². The van der Waals surface area contributed by atoms with Gasteiger partial charge in [0.15, 0.2) is 0 Å². The number of aromatic nitrogens is 2. The van der Waals surface area contributed by atoms with Gasteiger partial charge in [-0.15, -0.1) is 0 Å². The van der Waals surface area contributed by atoms with Crippen molar-refractivity contribution in [3.05, 3.63) is 27.2 Å². The van der Waals surface area contributed by atoms with Crippen LogP contribution < -0.4 is 5.56 Å². The molecular formula is C11H13F3N2O4. The molecule has 1 aromatic heterocycles. The van der Waals surface area contributed by atoms with E-state index in [1.807, 2.05) is 0 Å². The molecular weight excluding hydrogens is 281 g/mol. The lowest BCUT2D eigenvalue weighted by Gasteiger charge is -2.16. The van der Waals surface area contributed by atoms with Crippen molar-refractivity contribution in [1.82, 2.24) is 10.2 Å². The minimum atomic E-state index is -4.80. The molecule has 6 nitrogen and oxygen atoms in total. The summed E-state index contributed by atoms with van der Waals surface area (Å²) in [5.74, 6) is -1.08. The van der Waals surface area contributed by atoms with E-state index >= 15 is 0 Å². The number of carboxylic acids is 1. The van der Waals surface area contributed by atoms with Crippen LogP contribution in [0.15, 0.2) is 4.79 Å². The lowest BCUT2D eigenvalue weighted by Crippen LogP contribution is -2.26. The Morgan fingerprint density at radius 3 is 2.60 bits per heavy atom. The molecule has 2 N–H and O–H groups in total. The molecule has 1 heterocycles. The maximum atomic E-state index is 12.7. The molecule has 1 rings (SSSR count). The van der Waals surface area contributed by atoms with E-state index in [0.29, 0.717) is 0 Å². The van der Waals surface area contributed by atoms with Gasteiger partial charge in [0, 0.05) is 0 Å². The number of hydrogen-bond donors (Lipinski definition) is 2. The van der Waals surface area contributed by atoms with Crippen LogP contribution in [0.1, 0.15) is 36.3 Å². The van der Waals surface area contributed by atoms with Gasteiger partial charge in [0.25, 0.3) is 5.56 Å². The van der Waals surface area contributed by atoms with Gasteiger partial charge < -0.3 is 9.84 Å². The monoisotopic (exact) mass is 294 g/mol. The SMILES string of the molecule is Cc1c(C(C)OCCC(=O)O)n[nH]c(=O)c1C(F)(F)F. The van der Waals surface area contributed by atoms with Crippen LogP contribution in [0.3, 0.4) is 0 Å². The third-order valence-corrected chi connectivity index (χ3v) is 2.62. The number of carbonyl (C=O) groups is 1. The molecule has 0 aliphatic carbocycles. The summed E-state index contributed by atoms with van der Waals surface area (Å²) in [7, 11) is 0. The van der Waals surface area contributed by atoms with Crippen LogP contribution in [0.5, 0.6) is 0 Å². The number of nitrogens with one attached hydrogen (secondary N) is 1. The van der Waals surface area contributed by atoms with Gasteiger partial charge in [-0.25, -0.2) is 5.10 Å².